The Labute approximate surface area is 451 Å². The van der Waals surface area contributed by atoms with E-state index in [4.69, 9.17) is 33.8 Å². The molecule has 2 aromatic heterocycles. The number of rotatable bonds is 6. The normalized spacial score (nSPS) is 18.5. The van der Waals surface area contributed by atoms with Gasteiger partial charge in [-0.05, 0) is 109 Å². The number of hydrogen-bond acceptors (Lipinski definition) is 3. The number of aryl methyl sites for hydroxylation is 1. The Balaban J connectivity index is 0.0000113. The molecule has 2 heterocycles. The Hall–Kier alpha value is -5.57. The molecule has 1 N–H and O–H groups in total. The molecule has 4 nitrogen and oxygen atoms in total. The van der Waals surface area contributed by atoms with Crippen LogP contribution in [-0.2, 0) is 48.1 Å². The van der Waals surface area contributed by atoms with Gasteiger partial charge < -0.3 is 5.11 Å². The molecule has 0 saturated heterocycles. The van der Waals surface area contributed by atoms with Gasteiger partial charge in [0.15, 0.2) is 0 Å². The molecule has 0 spiro atoms. The van der Waals surface area contributed by atoms with E-state index >= 15 is 0 Å². The number of benzene rings is 6. The molecule has 0 aliphatic rings. The van der Waals surface area contributed by atoms with Crippen molar-refractivity contribution in [3.63, 3.8) is 0 Å². The van der Waals surface area contributed by atoms with Crippen LogP contribution in [0.5, 0.6) is 5.75 Å². The predicted octanol–water partition coefficient (Wildman–Crippen LogP) is 17.1. The van der Waals surface area contributed by atoms with E-state index in [1.165, 1.54) is 18.3 Å². The van der Waals surface area contributed by atoms with E-state index in [-0.39, 0.29) is 60.7 Å². The molecular formula is C63H70N3OPt-. The van der Waals surface area contributed by atoms with Crippen molar-refractivity contribution in [2.24, 2.45) is 0 Å². The minimum absolute atomic E-state index is 0. The second-order valence-electron chi connectivity index (χ2n) is 20.6. The molecule has 0 aliphatic heterocycles. The fourth-order valence-electron chi connectivity index (χ4n) is 8.36. The summed E-state index contributed by atoms with van der Waals surface area (Å²) in [6, 6.07) is 36.1. The zero-order chi connectivity index (χ0) is 66.1. The molecule has 5 heteroatoms. The number of aromatic hydroxyl groups is 1. The Morgan fingerprint density at radius 3 is 1.76 bits per heavy atom. The van der Waals surface area contributed by atoms with Gasteiger partial charge in [0.25, 0.3) is 0 Å². The summed E-state index contributed by atoms with van der Waals surface area (Å²) in [6.45, 7) is -8.31. The Kier molecular flexibility index (Phi) is 7.83. The van der Waals surface area contributed by atoms with Crippen molar-refractivity contribution < 1.29 is 55.0 Å². The molecule has 6 aromatic carbocycles. The van der Waals surface area contributed by atoms with Gasteiger partial charge in [-0.2, -0.15) is 0 Å². The van der Waals surface area contributed by atoms with Gasteiger partial charge in [-0.3, -0.25) is 9.55 Å². The number of fused-ring (bicyclic) bond motifs is 1. The SMILES string of the molecule is [2H]C([2H])([2H])c1cc(-c2ccccc2)ccc1-n1c(-c2cc(C(C)(C)C)cc(C(C)(C)C)c2O)nc2c(-c3[c-]c(-c4cc(-c5cc(C(C([2H])([2H])[2H])(C([2H])([2H])[2H])C([2H])([2H])[2H])cc(C(C([2H])([2H])[2H])(C([2H])([2H])[2H])C([2H])([2H])[2H])c5)ccn4)cc(C(C)(C)C)c3)cccc21.[Pt]. The summed E-state index contributed by atoms with van der Waals surface area (Å²) >= 11 is 0. The zero-order valence-corrected chi connectivity index (χ0v) is 42.0. The first-order chi connectivity index (χ1) is 39.9. The predicted molar refractivity (Wildman–Crippen MR) is 285 cm³/mol. The number of phenolic OH excluding ortho intramolecular Hbond substituents is 1. The number of para-hydroxylation sites is 1. The van der Waals surface area contributed by atoms with Gasteiger partial charge in [0, 0.05) is 67.3 Å². The number of phenols is 1. The molecule has 0 radical (unpaired) electrons. The van der Waals surface area contributed by atoms with E-state index < -0.39 is 86.2 Å². The van der Waals surface area contributed by atoms with E-state index in [2.05, 4.69) is 31.8 Å². The van der Waals surface area contributed by atoms with Gasteiger partial charge in [-0.25, -0.2) is 4.98 Å². The van der Waals surface area contributed by atoms with Gasteiger partial charge >= 0.3 is 0 Å². The van der Waals surface area contributed by atoms with Crippen LogP contribution in [0.25, 0.3) is 72.7 Å². The quantitative estimate of drug-likeness (QED) is 0.169. The van der Waals surface area contributed by atoms with Gasteiger partial charge in [0.05, 0.1) is 22.3 Å². The van der Waals surface area contributed by atoms with Crippen LogP contribution in [0.4, 0.5) is 0 Å². The number of imidazole rings is 1. The Morgan fingerprint density at radius 2 is 1.15 bits per heavy atom. The van der Waals surface area contributed by atoms with Crippen molar-refractivity contribution >= 4 is 11.0 Å². The van der Waals surface area contributed by atoms with E-state index in [1.807, 2.05) is 102 Å². The van der Waals surface area contributed by atoms with E-state index in [0.29, 0.717) is 50.5 Å². The third kappa shape index (κ3) is 10.1. The van der Waals surface area contributed by atoms with E-state index in [0.717, 1.165) is 28.8 Å². The molecule has 0 saturated carbocycles. The smallest absolute Gasteiger partial charge is 0.148 e. The largest absolute Gasteiger partial charge is 0.507 e. The second-order valence-corrected chi connectivity index (χ2v) is 20.6. The third-order valence-corrected chi connectivity index (χ3v) is 12.2. The van der Waals surface area contributed by atoms with Crippen molar-refractivity contribution in [3.05, 3.63) is 167 Å². The summed E-state index contributed by atoms with van der Waals surface area (Å²) in [6.07, 6.45) is 1.30. The average molecular weight is 1100 g/mol. The van der Waals surface area contributed by atoms with Gasteiger partial charge in [0.2, 0.25) is 0 Å². The van der Waals surface area contributed by atoms with Crippen molar-refractivity contribution in [1.29, 1.82) is 0 Å². The molecule has 0 unspecified atom stereocenters. The van der Waals surface area contributed by atoms with Crippen molar-refractivity contribution in [1.82, 2.24) is 14.5 Å². The average Bonchev–Trinajstić information content (AvgIpc) is 0.793. The summed E-state index contributed by atoms with van der Waals surface area (Å²) < 4.78 is 183. The number of aromatic nitrogens is 3. The fraction of sp³-hybridized carbons (Fsp3) is 0.333. The summed E-state index contributed by atoms with van der Waals surface area (Å²) in [5.41, 5.74) is -5.28. The van der Waals surface area contributed by atoms with Crippen molar-refractivity contribution in [2.45, 2.75) is 137 Å². The summed E-state index contributed by atoms with van der Waals surface area (Å²) in [5, 5.41) is 12.6. The molecule has 0 aliphatic carbocycles. The molecule has 0 atom stereocenters. The van der Waals surface area contributed by atoms with Crippen LogP contribution in [0.2, 0.25) is 0 Å². The molecule has 8 rings (SSSR count). The van der Waals surface area contributed by atoms with Crippen molar-refractivity contribution in [2.75, 3.05) is 0 Å². The number of hydrogen-bond donors (Lipinski definition) is 1. The van der Waals surface area contributed by atoms with Crippen LogP contribution in [0.15, 0.2) is 128 Å². The van der Waals surface area contributed by atoms with Gasteiger partial charge in [-0.15, -0.1) is 29.3 Å². The van der Waals surface area contributed by atoms with E-state index in [1.54, 1.807) is 34.9 Å². The first kappa shape index (κ1) is 29.5. The number of pyridine rings is 1. The minimum Gasteiger partial charge on any atom is -0.507 e. The molecular weight excluding hydrogens is 1010 g/mol. The maximum Gasteiger partial charge on any atom is 0.148 e. The maximum absolute atomic E-state index is 12.6. The van der Waals surface area contributed by atoms with Gasteiger partial charge in [-0.1, -0.05) is 193 Å². The minimum atomic E-state index is -3.94. The first-order valence-electron chi connectivity index (χ1n) is 32.7. The maximum atomic E-state index is 12.6. The van der Waals surface area contributed by atoms with E-state index in [9.17, 15) is 5.11 Å². The second kappa shape index (κ2) is 18.1. The zero-order valence-electron chi connectivity index (χ0n) is 60.7. The summed E-state index contributed by atoms with van der Waals surface area (Å²) in [5.74, 6) is 0.181. The topological polar surface area (TPSA) is 50.9 Å². The van der Waals surface area contributed by atoms with Crippen LogP contribution >= 0.6 is 0 Å². The summed E-state index contributed by atoms with van der Waals surface area (Å²) in [7, 11) is 0. The standard InChI is InChI=1S/C63H70N3O.Pt/c1-39-29-41(40-21-18-17-19-22-40)25-26-54(39)66-55-24-20-23-50(56(55)65-58(66)51-37-49(62(11,12)13)38-52(57(51)67)63(14,15)16)44-30-45(34-46(33-44)59(2,3)4)53-35-42(27-28-64-53)43-31-47(60(5,6)7)36-48(32-43)61(8,9)10;/h17-29,31-38,67H,1-16H3;/q-1;/i1D3,5D3,6D3,7D3,8D3,9D3,10D3;. The van der Waals surface area contributed by atoms with Crippen LogP contribution in [0.1, 0.15) is 166 Å². The molecule has 68 heavy (non-hydrogen) atoms. The van der Waals surface area contributed by atoms with Crippen LogP contribution in [-0.4, -0.2) is 19.6 Å². The molecule has 0 fully saturated rings. The van der Waals surface area contributed by atoms with Crippen molar-refractivity contribution in [3.8, 4) is 67.5 Å². The monoisotopic (exact) mass is 1100 g/mol. The van der Waals surface area contributed by atoms with Crippen LogP contribution < -0.4 is 0 Å². The molecule has 0 bridgehead atoms. The number of nitrogens with zero attached hydrogens (tertiary/aromatic N) is 3. The molecule has 354 valence electrons. The van der Waals surface area contributed by atoms with Crippen LogP contribution in [0.3, 0.4) is 0 Å². The van der Waals surface area contributed by atoms with Crippen LogP contribution in [0, 0.1) is 12.9 Å². The van der Waals surface area contributed by atoms with Gasteiger partial charge in [0.1, 0.15) is 11.6 Å². The molecule has 8 aromatic rings. The summed E-state index contributed by atoms with van der Waals surface area (Å²) in [4.78, 5) is 10.1. The third-order valence-electron chi connectivity index (χ3n) is 12.2. The Morgan fingerprint density at radius 1 is 0.529 bits per heavy atom. The first-order valence-corrected chi connectivity index (χ1v) is 22.2. The fourth-order valence-corrected chi connectivity index (χ4v) is 8.36. The Bertz CT molecular complexity index is 3820. The molecule has 0 amide bonds.